The van der Waals surface area contributed by atoms with Gasteiger partial charge in [0.15, 0.2) is 11.5 Å². The zero-order valence-electron chi connectivity index (χ0n) is 12.8. The van der Waals surface area contributed by atoms with Crippen molar-refractivity contribution in [1.29, 1.82) is 0 Å². The molecule has 5 N–H and O–H groups in total. The monoisotopic (exact) mass is 203 g/mol. The molecule has 5 nitrogen and oxygen atoms in total. The molecule has 0 aliphatic heterocycles. The van der Waals surface area contributed by atoms with Crippen LogP contribution in [0, 0.1) is 0 Å². The molecule has 14 heavy (non-hydrogen) atoms. The summed E-state index contributed by atoms with van der Waals surface area (Å²) in [5.41, 5.74) is 4.01. The Hall–Kier alpha value is -1.75. The summed E-state index contributed by atoms with van der Waals surface area (Å²) in [5, 5.41) is 27.5. The maximum Gasteiger partial charge on any atom is 0.320 e. The maximum absolute atomic E-state index is 10.9. The highest BCUT2D eigenvalue weighted by molar-refractivity contribution is 5.73. The van der Waals surface area contributed by atoms with Crippen LogP contribution in [0.25, 0.3) is 0 Å². The summed E-state index contributed by atoms with van der Waals surface area (Å²) in [5.74, 6) is -4.35. The molecule has 1 aromatic carbocycles. The predicted octanol–water partition coefficient (Wildman–Crippen LogP) is 0.0522. The number of hydrogen-bond acceptors (Lipinski definition) is 4. The van der Waals surface area contributed by atoms with E-state index < -0.39 is 53.5 Å². The van der Waals surface area contributed by atoms with E-state index in [2.05, 4.69) is 0 Å². The third kappa shape index (κ3) is 2.37. The fraction of sp³-hybridized carbons (Fsp3) is 0.222. The van der Waals surface area contributed by atoms with E-state index >= 15 is 0 Å². The summed E-state index contributed by atoms with van der Waals surface area (Å²) >= 11 is 0. The van der Waals surface area contributed by atoms with Gasteiger partial charge in [0, 0.05) is 2.74 Å². The van der Waals surface area contributed by atoms with Gasteiger partial charge in [-0.15, -0.1) is 0 Å². The number of aromatic hydroxyl groups is 2. The number of aliphatic carboxylic acids is 1. The van der Waals surface area contributed by atoms with Crippen LogP contribution < -0.4 is 5.73 Å². The quantitative estimate of drug-likeness (QED) is 0.520. The van der Waals surface area contributed by atoms with Crippen LogP contribution in [0.4, 0.5) is 0 Å². The van der Waals surface area contributed by atoms with Crippen LogP contribution in [0.2, 0.25) is 0 Å². The first-order chi connectivity index (χ1) is 8.87. The first-order valence-electron chi connectivity index (χ1n) is 6.41. The molecule has 0 aliphatic rings. The Morgan fingerprint density at radius 3 is 2.86 bits per heavy atom. The molecule has 0 aliphatic carbocycles. The Morgan fingerprint density at radius 2 is 2.29 bits per heavy atom. The fourth-order valence-electron chi connectivity index (χ4n) is 0.640. The second-order valence-corrected chi connectivity index (χ2v) is 2.29. The third-order valence-electron chi connectivity index (χ3n) is 1.26. The van der Waals surface area contributed by atoms with Crippen molar-refractivity contribution in [2.24, 2.45) is 5.73 Å². The highest BCUT2D eigenvalue weighted by atomic mass is 16.4. The van der Waals surface area contributed by atoms with E-state index in [1.165, 1.54) is 0 Å². The summed E-state index contributed by atoms with van der Waals surface area (Å²) in [6.45, 7) is 0. The number of carboxylic acids is 1. The Labute approximate surface area is 88.8 Å². The Bertz CT molecular complexity index is 559. The van der Waals surface area contributed by atoms with Gasteiger partial charge in [-0.3, -0.25) is 4.79 Å². The van der Waals surface area contributed by atoms with Crippen molar-refractivity contribution in [3.8, 4) is 11.5 Å². The molecule has 1 rings (SSSR count). The van der Waals surface area contributed by atoms with E-state index in [9.17, 15) is 15.0 Å². The summed E-state index contributed by atoms with van der Waals surface area (Å²) < 4.78 is 44.8. The molecule has 76 valence electrons. The molecule has 0 spiro atoms. The Kier molecular flexibility index (Phi) is 1.32. The van der Waals surface area contributed by atoms with Crippen molar-refractivity contribution in [1.82, 2.24) is 0 Å². The summed E-state index contributed by atoms with van der Waals surface area (Å²) in [4.78, 5) is 10.9. The van der Waals surface area contributed by atoms with E-state index in [0.717, 1.165) is 0 Å². The first kappa shape index (κ1) is 4.65. The van der Waals surface area contributed by atoms with E-state index in [1.807, 2.05) is 0 Å². The van der Waals surface area contributed by atoms with Crippen molar-refractivity contribution in [2.45, 2.75) is 12.4 Å². The van der Waals surface area contributed by atoms with Gasteiger partial charge in [-0.25, -0.2) is 0 Å². The van der Waals surface area contributed by atoms with Gasteiger partial charge in [-0.2, -0.15) is 0 Å². The van der Waals surface area contributed by atoms with Gasteiger partial charge in [-0.1, -0.05) is 6.04 Å². The first-order valence-corrected chi connectivity index (χ1v) is 3.41. The van der Waals surface area contributed by atoms with E-state index in [0.29, 0.717) is 0 Å². The molecule has 5 heteroatoms. The average molecular weight is 203 g/mol. The molecule has 0 bridgehead atoms. The van der Waals surface area contributed by atoms with Crippen molar-refractivity contribution >= 4 is 5.97 Å². The largest absolute Gasteiger partial charge is 0.504 e. The lowest BCUT2D eigenvalue weighted by Crippen LogP contribution is -2.32. The minimum absolute atomic E-state index is 1.00. The number of benzene rings is 1. The van der Waals surface area contributed by atoms with Gasteiger partial charge >= 0.3 is 5.97 Å². The third-order valence-corrected chi connectivity index (χ3v) is 1.26. The van der Waals surface area contributed by atoms with Crippen LogP contribution in [0.1, 0.15) is 13.8 Å². The molecular weight excluding hydrogens is 186 g/mol. The summed E-state index contributed by atoms with van der Waals surface area (Å²) in [6.07, 6.45) is -3.26. The van der Waals surface area contributed by atoms with Crippen LogP contribution in [-0.4, -0.2) is 27.3 Å². The van der Waals surface area contributed by atoms with Gasteiger partial charge in [0.2, 0.25) is 0 Å². The molecule has 0 radical (unpaired) electrons. The van der Waals surface area contributed by atoms with E-state index in [1.54, 1.807) is 0 Å². The lowest BCUT2D eigenvalue weighted by molar-refractivity contribution is -0.138. The number of nitrogens with two attached hydrogens (primary N) is 1. The fourth-order valence-corrected chi connectivity index (χ4v) is 0.640. The van der Waals surface area contributed by atoms with Gasteiger partial charge in [-0.05, 0) is 24.0 Å². The van der Waals surface area contributed by atoms with Gasteiger partial charge < -0.3 is 21.1 Å². The normalized spacial score (nSPS) is 21.8. The molecular formula is C9H11NO4. The average Bonchev–Trinajstić information content (AvgIpc) is 2.33. The molecule has 0 fully saturated rings. The Morgan fingerprint density at radius 1 is 1.64 bits per heavy atom. The number of carbonyl (C=O) groups is 1. The number of rotatable bonds is 3. The zero-order chi connectivity index (χ0) is 16.0. The summed E-state index contributed by atoms with van der Waals surface area (Å²) in [7, 11) is 0. The van der Waals surface area contributed by atoms with Crippen LogP contribution in [0.5, 0.6) is 11.5 Å². The number of phenols is 2. The number of hydrogen-bond donors (Lipinski definition) is 4. The molecule has 0 saturated heterocycles. The number of carboxylic acid groups (broad SMARTS) is 1. The minimum Gasteiger partial charge on any atom is -0.504 e. The van der Waals surface area contributed by atoms with Crippen LogP contribution >= 0.6 is 0 Å². The van der Waals surface area contributed by atoms with Crippen molar-refractivity contribution in [2.75, 3.05) is 0 Å². The highest BCUT2D eigenvalue weighted by Gasteiger charge is 2.12. The van der Waals surface area contributed by atoms with Crippen LogP contribution in [-0.2, 0) is 11.2 Å². The topological polar surface area (TPSA) is 104 Å². The molecule has 0 amide bonds. The summed E-state index contributed by atoms with van der Waals surface area (Å²) in [6, 6.07) is -6.39. The van der Waals surface area contributed by atoms with Crippen LogP contribution in [0.3, 0.4) is 0 Å². The van der Waals surface area contributed by atoms with Gasteiger partial charge in [0.05, 0.1) is 5.48 Å². The van der Waals surface area contributed by atoms with E-state index in [4.69, 9.17) is 19.1 Å². The second-order valence-electron chi connectivity index (χ2n) is 2.29. The number of phenolic OH excluding ortho intramolecular Hbond substituents is 2. The highest BCUT2D eigenvalue weighted by Crippen LogP contribution is 2.25. The SMILES string of the molecule is [2H]c1c([2H])c(C([2H])([2H])C([2H])(N)C(=O)O)c([2H])c(O)c1O. The molecule has 1 atom stereocenters. The molecule has 0 aromatic heterocycles. The molecule has 0 saturated carbocycles. The minimum atomic E-state index is -3.26. The smallest absolute Gasteiger partial charge is 0.320 e. The molecule has 0 heterocycles. The van der Waals surface area contributed by atoms with Gasteiger partial charge in [0.25, 0.3) is 0 Å². The zero-order valence-corrected chi connectivity index (χ0v) is 6.83. The lowest BCUT2D eigenvalue weighted by atomic mass is 10.1. The van der Waals surface area contributed by atoms with Crippen molar-refractivity contribution in [3.63, 3.8) is 0 Å². The van der Waals surface area contributed by atoms with E-state index in [-0.39, 0.29) is 0 Å². The molecule has 1 aromatic rings. The van der Waals surface area contributed by atoms with Crippen molar-refractivity contribution < 1.29 is 28.3 Å². The predicted molar refractivity (Wildman–Crippen MR) is 49.1 cm³/mol. The Balaban J connectivity index is 3.76. The van der Waals surface area contributed by atoms with Crippen LogP contribution in [0.15, 0.2) is 18.1 Å². The standard InChI is InChI=1S/C9H11NO4/c10-6(9(13)14)3-5-1-2-7(11)8(12)4-5/h1-2,4,6,11-12H,3,10H2,(H,13,14)/i1D,2D,3D2,4D,6D. The lowest BCUT2D eigenvalue weighted by Gasteiger charge is -2.06. The second kappa shape index (κ2) is 3.97. The molecule has 1 unspecified atom stereocenters. The maximum atomic E-state index is 10.9. The van der Waals surface area contributed by atoms with Gasteiger partial charge in [0.1, 0.15) is 6.02 Å². The van der Waals surface area contributed by atoms with Crippen molar-refractivity contribution in [3.05, 3.63) is 23.7 Å².